The van der Waals surface area contributed by atoms with Crippen LogP contribution in [-0.4, -0.2) is 17.0 Å². The molecule has 0 aliphatic heterocycles. The summed E-state index contributed by atoms with van der Waals surface area (Å²) in [6.07, 6.45) is 2.55. The van der Waals surface area contributed by atoms with Gasteiger partial charge >= 0.3 is 0 Å². The second-order valence-electron chi connectivity index (χ2n) is 5.83. The van der Waals surface area contributed by atoms with Gasteiger partial charge < -0.3 is 5.73 Å². The highest BCUT2D eigenvalue weighted by Crippen LogP contribution is 2.40. The summed E-state index contributed by atoms with van der Waals surface area (Å²) in [6.45, 7) is 3.05. The minimum atomic E-state index is 0.0871. The molecular weight excluding hydrogens is 300 g/mol. The lowest BCUT2D eigenvalue weighted by molar-refractivity contribution is 0.160. The lowest BCUT2D eigenvalue weighted by Crippen LogP contribution is -2.40. The zero-order valence-electron chi connectivity index (χ0n) is 12.2. The SMILES string of the molecule is CC(N)C(c1ccc(Cl)s1)N(Cc1ccccc1)C1CC1. The molecule has 2 aromatic rings. The summed E-state index contributed by atoms with van der Waals surface area (Å²) in [4.78, 5) is 3.83. The Morgan fingerprint density at radius 3 is 2.48 bits per heavy atom. The molecule has 112 valence electrons. The number of benzene rings is 1. The minimum absolute atomic E-state index is 0.0871. The number of nitrogens with two attached hydrogens (primary N) is 1. The van der Waals surface area contributed by atoms with E-state index in [-0.39, 0.29) is 12.1 Å². The highest BCUT2D eigenvalue weighted by atomic mass is 35.5. The predicted molar refractivity (Wildman–Crippen MR) is 90.7 cm³/mol. The van der Waals surface area contributed by atoms with Gasteiger partial charge in [-0.2, -0.15) is 0 Å². The zero-order chi connectivity index (χ0) is 14.8. The number of hydrogen-bond donors (Lipinski definition) is 1. The quantitative estimate of drug-likeness (QED) is 0.851. The number of halogens is 1. The maximum Gasteiger partial charge on any atom is 0.0931 e. The van der Waals surface area contributed by atoms with Crippen LogP contribution in [0.4, 0.5) is 0 Å². The molecule has 4 heteroatoms. The fraction of sp³-hybridized carbons (Fsp3) is 0.412. The summed E-state index contributed by atoms with van der Waals surface area (Å²) in [7, 11) is 0. The van der Waals surface area contributed by atoms with Crippen LogP contribution in [0.3, 0.4) is 0 Å². The van der Waals surface area contributed by atoms with Crippen LogP contribution in [0.15, 0.2) is 42.5 Å². The molecule has 0 radical (unpaired) electrons. The van der Waals surface area contributed by atoms with E-state index in [2.05, 4.69) is 48.2 Å². The second kappa shape index (κ2) is 6.49. The molecular formula is C17H21ClN2S. The van der Waals surface area contributed by atoms with Gasteiger partial charge in [0.05, 0.1) is 10.4 Å². The Hall–Kier alpha value is -0.870. The van der Waals surface area contributed by atoms with Crippen LogP contribution < -0.4 is 5.73 Å². The van der Waals surface area contributed by atoms with Gasteiger partial charge in [-0.05, 0) is 37.5 Å². The van der Waals surface area contributed by atoms with Crippen molar-refractivity contribution in [1.29, 1.82) is 0 Å². The van der Waals surface area contributed by atoms with Crippen LogP contribution in [-0.2, 0) is 6.54 Å². The van der Waals surface area contributed by atoms with Gasteiger partial charge in [0.15, 0.2) is 0 Å². The van der Waals surface area contributed by atoms with Gasteiger partial charge in [-0.15, -0.1) is 11.3 Å². The van der Waals surface area contributed by atoms with Crippen molar-refractivity contribution >= 4 is 22.9 Å². The average molecular weight is 321 g/mol. The first-order valence-electron chi connectivity index (χ1n) is 7.45. The van der Waals surface area contributed by atoms with E-state index in [1.807, 2.05) is 6.07 Å². The molecule has 0 spiro atoms. The van der Waals surface area contributed by atoms with Crippen molar-refractivity contribution < 1.29 is 0 Å². The molecule has 21 heavy (non-hydrogen) atoms. The molecule has 1 aromatic heterocycles. The van der Waals surface area contributed by atoms with Gasteiger partial charge in [-0.1, -0.05) is 41.9 Å². The van der Waals surface area contributed by atoms with Crippen LogP contribution in [0, 0.1) is 0 Å². The van der Waals surface area contributed by atoms with Gasteiger partial charge in [-0.3, -0.25) is 4.90 Å². The van der Waals surface area contributed by atoms with Crippen molar-refractivity contribution in [2.24, 2.45) is 5.73 Å². The molecule has 2 N–H and O–H groups in total. The normalized spacial score (nSPS) is 17.9. The number of hydrogen-bond acceptors (Lipinski definition) is 3. The fourth-order valence-corrected chi connectivity index (χ4v) is 4.17. The third-order valence-corrected chi connectivity index (χ3v) is 5.27. The van der Waals surface area contributed by atoms with E-state index in [0.717, 1.165) is 10.9 Å². The first kappa shape index (κ1) is 15.0. The van der Waals surface area contributed by atoms with Gasteiger partial charge in [0.2, 0.25) is 0 Å². The topological polar surface area (TPSA) is 29.3 Å². The Balaban J connectivity index is 1.86. The largest absolute Gasteiger partial charge is 0.326 e. The molecule has 3 rings (SSSR count). The Bertz CT molecular complexity index is 577. The maximum absolute atomic E-state index is 6.32. The zero-order valence-corrected chi connectivity index (χ0v) is 13.8. The summed E-state index contributed by atoms with van der Waals surface area (Å²) in [5, 5.41) is 0. The van der Waals surface area contributed by atoms with Gasteiger partial charge in [0, 0.05) is 23.5 Å². The molecule has 2 nitrogen and oxygen atoms in total. The summed E-state index contributed by atoms with van der Waals surface area (Å²) in [5.41, 5.74) is 7.67. The first-order chi connectivity index (χ1) is 10.1. The standard InChI is InChI=1S/C17H21ClN2S/c1-12(19)17(15-9-10-16(18)21-15)20(14-7-8-14)11-13-5-3-2-4-6-13/h2-6,9-10,12,14,17H,7-8,11,19H2,1H3. The van der Waals surface area contributed by atoms with E-state index in [0.29, 0.717) is 6.04 Å². The monoisotopic (exact) mass is 320 g/mol. The van der Waals surface area contributed by atoms with Crippen molar-refractivity contribution in [3.05, 3.63) is 57.2 Å². The van der Waals surface area contributed by atoms with Crippen molar-refractivity contribution in [1.82, 2.24) is 4.90 Å². The van der Waals surface area contributed by atoms with Crippen molar-refractivity contribution in [2.45, 2.75) is 44.4 Å². The molecule has 2 atom stereocenters. The summed E-state index contributed by atoms with van der Waals surface area (Å²) in [5.74, 6) is 0. The third-order valence-electron chi connectivity index (χ3n) is 3.96. The van der Waals surface area contributed by atoms with Gasteiger partial charge in [-0.25, -0.2) is 0 Å². The Morgan fingerprint density at radius 2 is 1.95 bits per heavy atom. The lowest BCUT2D eigenvalue weighted by atomic mass is 10.1. The summed E-state index contributed by atoms with van der Waals surface area (Å²) < 4.78 is 0.839. The summed E-state index contributed by atoms with van der Waals surface area (Å²) in [6, 6.07) is 15.7. The molecule has 1 aliphatic rings. The first-order valence-corrected chi connectivity index (χ1v) is 8.65. The van der Waals surface area contributed by atoms with Crippen LogP contribution in [0.5, 0.6) is 0 Å². The van der Waals surface area contributed by atoms with E-state index in [9.17, 15) is 0 Å². The fourth-order valence-electron chi connectivity index (χ4n) is 2.87. The molecule has 0 amide bonds. The second-order valence-corrected chi connectivity index (χ2v) is 7.58. The molecule has 1 heterocycles. The van der Waals surface area contributed by atoms with Crippen molar-refractivity contribution in [3.8, 4) is 0 Å². The molecule has 1 saturated carbocycles. The smallest absolute Gasteiger partial charge is 0.0931 e. The molecule has 0 saturated heterocycles. The van der Waals surface area contributed by atoms with Crippen molar-refractivity contribution in [3.63, 3.8) is 0 Å². The summed E-state index contributed by atoms with van der Waals surface area (Å²) >= 11 is 7.78. The Morgan fingerprint density at radius 1 is 1.24 bits per heavy atom. The number of thiophene rings is 1. The highest BCUT2D eigenvalue weighted by Gasteiger charge is 2.36. The number of nitrogens with zero attached hydrogens (tertiary/aromatic N) is 1. The van der Waals surface area contributed by atoms with E-state index in [1.54, 1.807) is 11.3 Å². The van der Waals surface area contributed by atoms with E-state index < -0.39 is 0 Å². The molecule has 1 aromatic carbocycles. The molecule has 1 aliphatic carbocycles. The van der Waals surface area contributed by atoms with E-state index >= 15 is 0 Å². The van der Waals surface area contributed by atoms with E-state index in [1.165, 1.54) is 23.3 Å². The Labute approximate surface area is 135 Å². The van der Waals surface area contributed by atoms with Crippen LogP contribution in [0.1, 0.15) is 36.2 Å². The van der Waals surface area contributed by atoms with Gasteiger partial charge in [0.25, 0.3) is 0 Å². The lowest BCUT2D eigenvalue weighted by Gasteiger charge is -2.34. The van der Waals surface area contributed by atoms with Crippen LogP contribution in [0.25, 0.3) is 0 Å². The molecule has 1 fully saturated rings. The van der Waals surface area contributed by atoms with Crippen LogP contribution in [0.2, 0.25) is 4.34 Å². The maximum atomic E-state index is 6.32. The third kappa shape index (κ3) is 3.67. The van der Waals surface area contributed by atoms with Crippen LogP contribution >= 0.6 is 22.9 Å². The highest BCUT2D eigenvalue weighted by molar-refractivity contribution is 7.16. The number of rotatable bonds is 6. The Kier molecular flexibility index (Phi) is 4.65. The molecule has 0 bridgehead atoms. The average Bonchev–Trinajstić information content (AvgIpc) is 3.22. The minimum Gasteiger partial charge on any atom is -0.326 e. The van der Waals surface area contributed by atoms with Gasteiger partial charge in [0.1, 0.15) is 0 Å². The van der Waals surface area contributed by atoms with E-state index in [4.69, 9.17) is 17.3 Å². The van der Waals surface area contributed by atoms with Crippen molar-refractivity contribution in [2.75, 3.05) is 0 Å². The predicted octanol–water partition coefficient (Wildman–Crippen LogP) is 4.45. The molecule has 2 unspecified atom stereocenters.